The molecule has 4 N–H and O–H groups in total. The van der Waals surface area contributed by atoms with Crippen molar-refractivity contribution in [3.63, 3.8) is 0 Å². The number of nitrogens with two attached hydrogens (primary N) is 2. The summed E-state index contributed by atoms with van der Waals surface area (Å²) in [5, 5.41) is 0. The van der Waals surface area contributed by atoms with Crippen molar-refractivity contribution < 1.29 is 22.8 Å². The first-order valence-electron chi connectivity index (χ1n) is 6.63. The highest BCUT2D eigenvalue weighted by Crippen LogP contribution is 2.32. The third kappa shape index (κ3) is 3.97. The quantitative estimate of drug-likeness (QED) is 0.893. The highest BCUT2D eigenvalue weighted by Gasteiger charge is 2.45. The predicted octanol–water partition coefficient (Wildman–Crippen LogP) is 2.29. The van der Waals surface area contributed by atoms with Crippen LogP contribution in [0.1, 0.15) is 30.9 Å². The van der Waals surface area contributed by atoms with E-state index in [0.29, 0.717) is 17.5 Å². The van der Waals surface area contributed by atoms with E-state index in [1.165, 1.54) is 6.07 Å². The van der Waals surface area contributed by atoms with E-state index in [4.69, 9.17) is 11.5 Å². The summed E-state index contributed by atoms with van der Waals surface area (Å²) in [4.78, 5) is 22.9. The Kier molecular flexibility index (Phi) is 5.54. The van der Waals surface area contributed by atoms with Gasteiger partial charge in [-0.2, -0.15) is 13.2 Å². The fourth-order valence-electron chi connectivity index (χ4n) is 2.05. The molecule has 3 amide bonds. The maximum Gasteiger partial charge on any atom is 0.472 e. The first kappa shape index (κ1) is 18.0. The minimum atomic E-state index is -5.20. The van der Waals surface area contributed by atoms with Crippen LogP contribution in [0.5, 0.6) is 0 Å². The van der Waals surface area contributed by atoms with Gasteiger partial charge in [-0.05, 0) is 36.1 Å². The van der Waals surface area contributed by atoms with Crippen molar-refractivity contribution in [1.29, 1.82) is 0 Å². The first-order chi connectivity index (χ1) is 10.1. The zero-order valence-electron chi connectivity index (χ0n) is 12.3. The average molecular weight is 317 g/mol. The number of alkyl halides is 3. The Bertz CT molecular complexity index is 571. The number of carbonyl (C=O) groups excluding carboxylic acids is 2. The lowest BCUT2D eigenvalue weighted by atomic mass is 9.97. The van der Waals surface area contributed by atoms with Crippen LogP contribution in [0.25, 0.3) is 0 Å². The van der Waals surface area contributed by atoms with Crippen molar-refractivity contribution in [1.82, 2.24) is 0 Å². The van der Waals surface area contributed by atoms with Crippen LogP contribution in [-0.2, 0) is 11.2 Å². The summed E-state index contributed by atoms with van der Waals surface area (Å²) in [7, 11) is 0. The molecular formula is C14H18F3N3O2. The zero-order valence-corrected chi connectivity index (χ0v) is 12.3. The topological polar surface area (TPSA) is 89.4 Å². The SMILES string of the molecule is CC(C)c1ccc(CCN)cc1N(C(N)=O)C(=O)C(F)(F)F. The second-order valence-corrected chi connectivity index (χ2v) is 5.06. The van der Waals surface area contributed by atoms with E-state index in [1.54, 1.807) is 26.0 Å². The number of amides is 3. The lowest BCUT2D eigenvalue weighted by molar-refractivity contribution is -0.169. The number of hydrogen-bond acceptors (Lipinski definition) is 3. The zero-order chi connectivity index (χ0) is 17.1. The maximum absolute atomic E-state index is 12.7. The van der Waals surface area contributed by atoms with Crippen LogP contribution >= 0.6 is 0 Å². The highest BCUT2D eigenvalue weighted by molar-refractivity contribution is 6.16. The van der Waals surface area contributed by atoms with Crippen LogP contribution in [-0.4, -0.2) is 24.7 Å². The summed E-state index contributed by atoms with van der Waals surface area (Å²) < 4.78 is 38.1. The number of anilines is 1. The molecule has 0 saturated carbocycles. The van der Waals surface area contributed by atoms with Gasteiger partial charge < -0.3 is 11.5 Å². The summed E-state index contributed by atoms with van der Waals surface area (Å²) >= 11 is 0. The molecule has 5 nitrogen and oxygen atoms in total. The number of benzene rings is 1. The molecule has 0 bridgehead atoms. The van der Waals surface area contributed by atoms with Crippen molar-refractivity contribution in [3.8, 4) is 0 Å². The molecule has 0 saturated heterocycles. The molecule has 1 aromatic carbocycles. The Hall–Kier alpha value is -2.09. The van der Waals surface area contributed by atoms with Gasteiger partial charge in [0.15, 0.2) is 0 Å². The molecule has 0 radical (unpaired) electrons. The summed E-state index contributed by atoms with van der Waals surface area (Å²) in [5.74, 6) is -2.52. The number of rotatable bonds is 4. The van der Waals surface area contributed by atoms with E-state index < -0.39 is 18.1 Å². The normalized spacial score (nSPS) is 11.6. The molecule has 8 heteroatoms. The molecule has 0 aliphatic heterocycles. The third-order valence-corrected chi connectivity index (χ3v) is 3.06. The van der Waals surface area contributed by atoms with E-state index in [1.807, 2.05) is 0 Å². The van der Waals surface area contributed by atoms with Crippen LogP contribution in [0.3, 0.4) is 0 Å². The average Bonchev–Trinajstić information content (AvgIpc) is 2.37. The van der Waals surface area contributed by atoms with Crippen LogP contribution in [0, 0.1) is 0 Å². The molecule has 0 aromatic heterocycles. The van der Waals surface area contributed by atoms with Crippen molar-refractivity contribution in [2.24, 2.45) is 11.5 Å². The van der Waals surface area contributed by atoms with E-state index in [0.717, 1.165) is 0 Å². The number of urea groups is 1. The second-order valence-electron chi connectivity index (χ2n) is 5.06. The number of imide groups is 1. The molecule has 0 spiro atoms. The molecule has 0 fully saturated rings. The van der Waals surface area contributed by atoms with Crippen molar-refractivity contribution >= 4 is 17.6 Å². The van der Waals surface area contributed by atoms with Crippen LogP contribution in [0.4, 0.5) is 23.7 Å². The summed E-state index contributed by atoms with van der Waals surface area (Å²) in [6.45, 7) is 3.75. The summed E-state index contributed by atoms with van der Waals surface area (Å²) in [5.41, 5.74) is 11.3. The van der Waals surface area contributed by atoms with Gasteiger partial charge in [0, 0.05) is 0 Å². The van der Waals surface area contributed by atoms with E-state index >= 15 is 0 Å². The van der Waals surface area contributed by atoms with E-state index in [2.05, 4.69) is 0 Å². The summed E-state index contributed by atoms with van der Waals surface area (Å²) in [6, 6.07) is 3.14. The van der Waals surface area contributed by atoms with Gasteiger partial charge in [-0.25, -0.2) is 9.69 Å². The van der Waals surface area contributed by atoms with Gasteiger partial charge in [-0.3, -0.25) is 4.79 Å². The van der Waals surface area contributed by atoms with Crippen molar-refractivity contribution in [2.45, 2.75) is 32.4 Å². The van der Waals surface area contributed by atoms with E-state index in [-0.39, 0.29) is 23.0 Å². The molecule has 22 heavy (non-hydrogen) atoms. The fourth-order valence-corrected chi connectivity index (χ4v) is 2.05. The molecule has 1 aromatic rings. The molecule has 0 aliphatic carbocycles. The highest BCUT2D eigenvalue weighted by atomic mass is 19.4. The molecule has 0 heterocycles. The van der Waals surface area contributed by atoms with Gasteiger partial charge in [0.1, 0.15) is 0 Å². The van der Waals surface area contributed by atoms with Gasteiger partial charge >= 0.3 is 18.1 Å². The Balaban J connectivity index is 3.48. The van der Waals surface area contributed by atoms with Crippen molar-refractivity contribution in [2.75, 3.05) is 11.4 Å². The van der Waals surface area contributed by atoms with Crippen LogP contribution < -0.4 is 16.4 Å². The second kappa shape index (κ2) is 6.78. The monoisotopic (exact) mass is 317 g/mol. The predicted molar refractivity (Wildman–Crippen MR) is 76.4 cm³/mol. The minimum Gasteiger partial charge on any atom is -0.351 e. The molecular weight excluding hydrogens is 299 g/mol. The Morgan fingerprint density at radius 3 is 2.27 bits per heavy atom. The van der Waals surface area contributed by atoms with Gasteiger partial charge in [0.25, 0.3) is 0 Å². The number of carbonyl (C=O) groups is 2. The number of primary amides is 1. The third-order valence-electron chi connectivity index (χ3n) is 3.06. The number of hydrogen-bond donors (Lipinski definition) is 2. The van der Waals surface area contributed by atoms with Gasteiger partial charge in [0.2, 0.25) is 0 Å². The first-order valence-corrected chi connectivity index (χ1v) is 6.63. The Morgan fingerprint density at radius 2 is 1.86 bits per heavy atom. The molecule has 0 atom stereocenters. The van der Waals surface area contributed by atoms with Crippen LogP contribution in [0.15, 0.2) is 18.2 Å². The molecule has 0 aliphatic rings. The van der Waals surface area contributed by atoms with E-state index in [9.17, 15) is 22.8 Å². The van der Waals surface area contributed by atoms with Crippen molar-refractivity contribution in [3.05, 3.63) is 29.3 Å². The lowest BCUT2D eigenvalue weighted by Crippen LogP contribution is -2.48. The summed E-state index contributed by atoms with van der Waals surface area (Å²) in [6.07, 6.45) is -4.80. The molecule has 122 valence electrons. The maximum atomic E-state index is 12.7. The molecule has 0 unspecified atom stereocenters. The standard InChI is InChI=1S/C14H18F3N3O2/c1-8(2)10-4-3-9(5-6-18)7-11(10)20(13(19)22)12(21)14(15,16)17/h3-4,7-8H,5-6,18H2,1-2H3,(H2,19,22). The van der Waals surface area contributed by atoms with Gasteiger partial charge in [-0.15, -0.1) is 0 Å². The Morgan fingerprint density at radius 1 is 1.27 bits per heavy atom. The lowest BCUT2D eigenvalue weighted by Gasteiger charge is -2.24. The molecule has 1 rings (SSSR count). The Labute approximate surface area is 126 Å². The fraction of sp³-hybridized carbons (Fsp3) is 0.429. The smallest absolute Gasteiger partial charge is 0.351 e. The van der Waals surface area contributed by atoms with Crippen LogP contribution in [0.2, 0.25) is 0 Å². The number of halogens is 3. The van der Waals surface area contributed by atoms with Gasteiger partial charge in [0.05, 0.1) is 5.69 Å². The number of nitrogens with zero attached hydrogens (tertiary/aromatic N) is 1. The largest absolute Gasteiger partial charge is 0.472 e. The minimum absolute atomic E-state index is 0.0324. The van der Waals surface area contributed by atoms with Gasteiger partial charge in [-0.1, -0.05) is 26.0 Å².